The number of hydrogen-bond acceptors (Lipinski definition) is 2. The van der Waals surface area contributed by atoms with E-state index in [1.807, 2.05) is 6.07 Å². The number of rotatable bonds is 4. The third-order valence-electron chi connectivity index (χ3n) is 5.63. The van der Waals surface area contributed by atoms with Crippen molar-refractivity contribution in [1.82, 2.24) is 9.80 Å². The summed E-state index contributed by atoms with van der Waals surface area (Å²) < 4.78 is 0. The first-order valence-electron chi connectivity index (χ1n) is 9.44. The van der Waals surface area contributed by atoms with Crippen LogP contribution in [0.25, 0.3) is 0 Å². The van der Waals surface area contributed by atoms with E-state index in [9.17, 15) is 4.79 Å². The number of carbonyl (C=O) groups is 1. The van der Waals surface area contributed by atoms with Crippen LogP contribution in [0.5, 0.6) is 0 Å². The van der Waals surface area contributed by atoms with Crippen molar-refractivity contribution in [2.75, 3.05) is 19.6 Å². The quantitative estimate of drug-likeness (QED) is 0.852. The van der Waals surface area contributed by atoms with Crippen LogP contribution >= 0.6 is 0 Å². The fourth-order valence-corrected chi connectivity index (χ4v) is 4.35. The topological polar surface area (TPSA) is 23.6 Å². The van der Waals surface area contributed by atoms with E-state index in [1.54, 1.807) is 0 Å². The summed E-state index contributed by atoms with van der Waals surface area (Å²) in [6.07, 6.45) is 3.35. The third kappa shape index (κ3) is 3.47. The SMILES string of the molecule is O=C([C@H]1[C@@H](c2ccccc2)CCN1Cc1ccccc1)N1CCCC1. The molecule has 0 radical (unpaired) electrons. The summed E-state index contributed by atoms with van der Waals surface area (Å²) >= 11 is 0. The Kier molecular flexibility index (Phi) is 4.84. The van der Waals surface area contributed by atoms with Gasteiger partial charge < -0.3 is 4.90 Å². The lowest BCUT2D eigenvalue weighted by atomic mass is 9.91. The van der Waals surface area contributed by atoms with Gasteiger partial charge in [-0.05, 0) is 36.9 Å². The summed E-state index contributed by atoms with van der Waals surface area (Å²) in [5, 5.41) is 0. The minimum Gasteiger partial charge on any atom is -0.341 e. The molecular weight excluding hydrogens is 308 g/mol. The summed E-state index contributed by atoms with van der Waals surface area (Å²) in [4.78, 5) is 17.8. The second-order valence-electron chi connectivity index (χ2n) is 7.24. The average molecular weight is 334 g/mol. The molecule has 2 aliphatic heterocycles. The summed E-state index contributed by atoms with van der Waals surface area (Å²) in [5.41, 5.74) is 2.59. The van der Waals surface area contributed by atoms with Crippen molar-refractivity contribution in [1.29, 1.82) is 0 Å². The first-order chi connectivity index (χ1) is 12.3. The van der Waals surface area contributed by atoms with Gasteiger partial charge in [0.2, 0.25) is 5.91 Å². The Labute approximate surface area is 150 Å². The van der Waals surface area contributed by atoms with Gasteiger partial charge in [-0.25, -0.2) is 0 Å². The third-order valence-corrected chi connectivity index (χ3v) is 5.63. The molecule has 0 aromatic heterocycles. The largest absolute Gasteiger partial charge is 0.341 e. The number of benzene rings is 2. The van der Waals surface area contributed by atoms with Gasteiger partial charge in [0.15, 0.2) is 0 Å². The molecule has 0 aliphatic carbocycles. The minimum absolute atomic E-state index is 0.0271. The van der Waals surface area contributed by atoms with Gasteiger partial charge in [-0.15, -0.1) is 0 Å². The predicted molar refractivity (Wildman–Crippen MR) is 100 cm³/mol. The van der Waals surface area contributed by atoms with E-state index in [0.717, 1.165) is 45.4 Å². The van der Waals surface area contributed by atoms with E-state index in [1.165, 1.54) is 11.1 Å². The lowest BCUT2D eigenvalue weighted by Crippen LogP contribution is -2.46. The number of hydrogen-bond donors (Lipinski definition) is 0. The molecule has 2 aromatic carbocycles. The number of likely N-dealkylation sites (tertiary alicyclic amines) is 2. The standard InChI is InChI=1S/C22H26N2O/c25-22(23-14-7-8-15-23)21-20(19-11-5-2-6-12-19)13-16-24(21)17-18-9-3-1-4-10-18/h1-6,9-12,20-21H,7-8,13-17H2/t20-,21-/m1/s1. The van der Waals surface area contributed by atoms with Crippen LogP contribution in [-0.4, -0.2) is 41.4 Å². The lowest BCUT2D eigenvalue weighted by Gasteiger charge is -2.31. The van der Waals surface area contributed by atoms with Crippen LogP contribution < -0.4 is 0 Å². The van der Waals surface area contributed by atoms with Crippen molar-refractivity contribution >= 4 is 5.91 Å². The Balaban J connectivity index is 1.60. The molecule has 130 valence electrons. The van der Waals surface area contributed by atoms with E-state index in [0.29, 0.717) is 11.8 Å². The fourth-order valence-electron chi connectivity index (χ4n) is 4.35. The van der Waals surface area contributed by atoms with Crippen LogP contribution in [0, 0.1) is 0 Å². The first kappa shape index (κ1) is 16.3. The smallest absolute Gasteiger partial charge is 0.240 e. The highest BCUT2D eigenvalue weighted by molar-refractivity contribution is 5.83. The molecule has 2 heterocycles. The van der Waals surface area contributed by atoms with Crippen LogP contribution in [0.3, 0.4) is 0 Å². The van der Waals surface area contributed by atoms with Gasteiger partial charge in [-0.2, -0.15) is 0 Å². The van der Waals surface area contributed by atoms with E-state index >= 15 is 0 Å². The van der Waals surface area contributed by atoms with Gasteiger partial charge in [0.25, 0.3) is 0 Å². The van der Waals surface area contributed by atoms with Crippen LogP contribution in [0.1, 0.15) is 36.3 Å². The molecule has 0 spiro atoms. The number of amides is 1. The Hall–Kier alpha value is -2.13. The second-order valence-corrected chi connectivity index (χ2v) is 7.24. The minimum atomic E-state index is -0.0271. The molecule has 2 atom stereocenters. The van der Waals surface area contributed by atoms with Gasteiger partial charge in [-0.3, -0.25) is 9.69 Å². The maximum absolute atomic E-state index is 13.3. The molecule has 0 saturated carbocycles. The maximum atomic E-state index is 13.3. The van der Waals surface area contributed by atoms with Gasteiger partial charge in [0.1, 0.15) is 0 Å². The summed E-state index contributed by atoms with van der Waals surface area (Å²) in [6.45, 7) is 3.69. The zero-order valence-electron chi connectivity index (χ0n) is 14.7. The molecule has 1 amide bonds. The maximum Gasteiger partial charge on any atom is 0.240 e. The Morgan fingerprint density at radius 2 is 1.52 bits per heavy atom. The van der Waals surface area contributed by atoms with Crippen molar-refractivity contribution in [2.45, 2.75) is 37.8 Å². The van der Waals surface area contributed by atoms with E-state index in [4.69, 9.17) is 0 Å². The number of carbonyl (C=O) groups excluding carboxylic acids is 1. The van der Waals surface area contributed by atoms with Gasteiger partial charge in [-0.1, -0.05) is 60.7 Å². The molecule has 2 fully saturated rings. The summed E-state index contributed by atoms with van der Waals surface area (Å²) in [5.74, 6) is 0.637. The van der Waals surface area contributed by atoms with Crippen LogP contribution in [0.15, 0.2) is 60.7 Å². The van der Waals surface area contributed by atoms with Crippen LogP contribution in [-0.2, 0) is 11.3 Å². The molecule has 2 aliphatic rings. The highest BCUT2D eigenvalue weighted by Gasteiger charge is 2.42. The molecule has 0 N–H and O–H groups in total. The molecule has 3 nitrogen and oxygen atoms in total. The summed E-state index contributed by atoms with van der Waals surface area (Å²) in [7, 11) is 0. The molecule has 0 unspecified atom stereocenters. The predicted octanol–water partition coefficient (Wildman–Crippen LogP) is 3.67. The highest BCUT2D eigenvalue weighted by Crippen LogP contribution is 2.36. The van der Waals surface area contributed by atoms with Crippen molar-refractivity contribution < 1.29 is 4.79 Å². The molecular formula is C22H26N2O. The Morgan fingerprint density at radius 1 is 0.880 bits per heavy atom. The molecule has 3 heteroatoms. The summed E-state index contributed by atoms with van der Waals surface area (Å²) in [6, 6.07) is 21.1. The number of nitrogens with zero attached hydrogens (tertiary/aromatic N) is 2. The van der Waals surface area contributed by atoms with Crippen molar-refractivity contribution in [3.63, 3.8) is 0 Å². The monoisotopic (exact) mass is 334 g/mol. The van der Waals surface area contributed by atoms with E-state index in [-0.39, 0.29) is 6.04 Å². The average Bonchev–Trinajstić information content (AvgIpc) is 3.33. The van der Waals surface area contributed by atoms with Gasteiger partial charge >= 0.3 is 0 Å². The Morgan fingerprint density at radius 3 is 2.20 bits per heavy atom. The van der Waals surface area contributed by atoms with Crippen molar-refractivity contribution in [3.05, 3.63) is 71.8 Å². The van der Waals surface area contributed by atoms with Gasteiger partial charge in [0, 0.05) is 25.6 Å². The molecule has 4 rings (SSSR count). The lowest BCUT2D eigenvalue weighted by molar-refractivity contribution is -0.135. The highest BCUT2D eigenvalue weighted by atomic mass is 16.2. The van der Waals surface area contributed by atoms with Crippen molar-refractivity contribution in [3.8, 4) is 0 Å². The zero-order valence-corrected chi connectivity index (χ0v) is 14.7. The normalized spacial score (nSPS) is 23.9. The fraction of sp³-hybridized carbons (Fsp3) is 0.409. The van der Waals surface area contributed by atoms with Crippen molar-refractivity contribution in [2.24, 2.45) is 0 Å². The Bertz CT molecular complexity index is 694. The molecule has 0 bridgehead atoms. The zero-order chi connectivity index (χ0) is 17.1. The molecule has 2 aromatic rings. The second kappa shape index (κ2) is 7.40. The van der Waals surface area contributed by atoms with Crippen LogP contribution in [0.2, 0.25) is 0 Å². The molecule has 2 saturated heterocycles. The molecule has 25 heavy (non-hydrogen) atoms. The van der Waals surface area contributed by atoms with E-state index < -0.39 is 0 Å². The van der Waals surface area contributed by atoms with E-state index in [2.05, 4.69) is 64.4 Å². The van der Waals surface area contributed by atoms with Crippen LogP contribution in [0.4, 0.5) is 0 Å². The first-order valence-corrected chi connectivity index (χ1v) is 9.44. The van der Waals surface area contributed by atoms with Gasteiger partial charge in [0.05, 0.1) is 6.04 Å².